The van der Waals surface area contributed by atoms with Gasteiger partial charge in [-0.05, 0) is 67.1 Å². The van der Waals surface area contributed by atoms with Gasteiger partial charge in [-0.2, -0.15) is 13.2 Å². The summed E-state index contributed by atoms with van der Waals surface area (Å²) in [4.78, 5) is 24.8. The van der Waals surface area contributed by atoms with Crippen LogP contribution in [0.5, 0.6) is 5.75 Å². The molecule has 0 saturated carbocycles. The summed E-state index contributed by atoms with van der Waals surface area (Å²) >= 11 is 0. The maximum absolute atomic E-state index is 13.7. The van der Waals surface area contributed by atoms with E-state index in [1.807, 2.05) is 6.92 Å². The predicted octanol–water partition coefficient (Wildman–Crippen LogP) is 6.14. The van der Waals surface area contributed by atoms with E-state index in [0.29, 0.717) is 12.4 Å². The van der Waals surface area contributed by atoms with Crippen LogP contribution in [0.15, 0.2) is 66.7 Å². The van der Waals surface area contributed by atoms with Gasteiger partial charge >= 0.3 is 6.18 Å². The lowest BCUT2D eigenvalue weighted by atomic mass is 10.1. The molecule has 9 heteroatoms. The van der Waals surface area contributed by atoms with Crippen LogP contribution >= 0.6 is 0 Å². The maximum atomic E-state index is 13.7. The number of hydrogen-bond acceptors (Lipinski definition) is 3. The monoisotopic (exact) mass is 460 g/mol. The molecule has 0 heterocycles. The van der Waals surface area contributed by atoms with Crippen LogP contribution < -0.4 is 15.4 Å². The second kappa shape index (κ2) is 10.2. The van der Waals surface area contributed by atoms with Crippen LogP contribution in [-0.2, 0) is 6.18 Å². The molecule has 0 aliphatic rings. The Kier molecular flexibility index (Phi) is 7.32. The fourth-order valence-electron chi connectivity index (χ4n) is 2.91. The van der Waals surface area contributed by atoms with Crippen molar-refractivity contribution in [2.24, 2.45) is 0 Å². The second-order valence-corrected chi connectivity index (χ2v) is 7.05. The summed E-state index contributed by atoms with van der Waals surface area (Å²) < 4.78 is 59.5. The van der Waals surface area contributed by atoms with Crippen molar-refractivity contribution in [3.8, 4) is 5.75 Å². The fourth-order valence-corrected chi connectivity index (χ4v) is 2.91. The van der Waals surface area contributed by atoms with Crippen LogP contribution in [0.4, 0.5) is 28.9 Å². The molecule has 0 spiro atoms. The number of hydrogen-bond donors (Lipinski definition) is 2. The Balaban J connectivity index is 1.81. The SMILES string of the molecule is CCCOc1cccc(C(=O)Nc2ccc(NC(=O)c3ccc(F)cc3)cc2C(F)(F)F)c1. The summed E-state index contributed by atoms with van der Waals surface area (Å²) in [6.07, 6.45) is -4.04. The quantitative estimate of drug-likeness (QED) is 0.417. The normalized spacial score (nSPS) is 11.1. The Hall–Kier alpha value is -3.88. The molecule has 33 heavy (non-hydrogen) atoms. The first kappa shape index (κ1) is 23.8. The summed E-state index contributed by atoms with van der Waals surface area (Å²) in [6.45, 7) is 2.36. The van der Waals surface area contributed by atoms with Gasteiger partial charge in [0.05, 0.1) is 17.9 Å². The smallest absolute Gasteiger partial charge is 0.418 e. The van der Waals surface area contributed by atoms with Crippen molar-refractivity contribution >= 4 is 23.2 Å². The maximum Gasteiger partial charge on any atom is 0.418 e. The van der Waals surface area contributed by atoms with Crippen LogP contribution in [-0.4, -0.2) is 18.4 Å². The number of rotatable bonds is 7. The molecule has 0 bridgehead atoms. The van der Waals surface area contributed by atoms with Crippen molar-refractivity contribution in [2.75, 3.05) is 17.2 Å². The predicted molar refractivity (Wildman–Crippen MR) is 116 cm³/mol. The van der Waals surface area contributed by atoms with Crippen LogP contribution in [0.3, 0.4) is 0 Å². The van der Waals surface area contributed by atoms with E-state index >= 15 is 0 Å². The summed E-state index contributed by atoms with van der Waals surface area (Å²) in [6, 6.07) is 13.7. The molecule has 2 N–H and O–H groups in total. The Labute approximate surface area is 187 Å². The van der Waals surface area contributed by atoms with Crippen molar-refractivity contribution in [3.05, 3.63) is 89.2 Å². The number of ether oxygens (including phenoxy) is 1. The Morgan fingerprint density at radius 2 is 1.58 bits per heavy atom. The molecule has 0 aliphatic heterocycles. The third kappa shape index (κ3) is 6.31. The molecule has 0 aromatic heterocycles. The van der Waals surface area contributed by atoms with Crippen LogP contribution in [0.2, 0.25) is 0 Å². The standard InChI is InChI=1S/C24H20F4N2O3/c1-2-12-33-19-5-3-4-16(13-19)23(32)30-21-11-10-18(14-20(21)24(26,27)28)29-22(31)15-6-8-17(25)9-7-15/h3-11,13-14H,2,12H2,1H3,(H,29,31)(H,30,32). The largest absolute Gasteiger partial charge is 0.494 e. The molecule has 0 radical (unpaired) electrons. The van der Waals surface area contributed by atoms with Gasteiger partial charge in [0, 0.05) is 16.8 Å². The fraction of sp³-hybridized carbons (Fsp3) is 0.167. The van der Waals surface area contributed by atoms with E-state index in [1.54, 1.807) is 12.1 Å². The number of halogens is 4. The van der Waals surface area contributed by atoms with E-state index in [0.717, 1.165) is 30.7 Å². The Morgan fingerprint density at radius 3 is 2.24 bits per heavy atom. The molecule has 0 fully saturated rings. The van der Waals surface area contributed by atoms with Gasteiger partial charge in [0.25, 0.3) is 11.8 Å². The van der Waals surface area contributed by atoms with Gasteiger partial charge in [-0.1, -0.05) is 13.0 Å². The van der Waals surface area contributed by atoms with Crippen LogP contribution in [0, 0.1) is 5.82 Å². The molecular weight excluding hydrogens is 440 g/mol. The third-order valence-electron chi connectivity index (χ3n) is 4.51. The highest BCUT2D eigenvalue weighted by atomic mass is 19.4. The lowest BCUT2D eigenvalue weighted by Gasteiger charge is -2.16. The molecule has 0 unspecified atom stereocenters. The minimum Gasteiger partial charge on any atom is -0.494 e. The highest BCUT2D eigenvalue weighted by molar-refractivity contribution is 6.06. The zero-order valence-corrected chi connectivity index (χ0v) is 17.5. The average molecular weight is 460 g/mol. The third-order valence-corrected chi connectivity index (χ3v) is 4.51. The number of anilines is 2. The number of carbonyl (C=O) groups is 2. The van der Waals surface area contributed by atoms with Crippen molar-refractivity contribution < 1.29 is 31.9 Å². The van der Waals surface area contributed by atoms with Crippen molar-refractivity contribution in [1.29, 1.82) is 0 Å². The van der Waals surface area contributed by atoms with Gasteiger partial charge in [0.15, 0.2) is 0 Å². The first-order chi connectivity index (χ1) is 15.7. The molecule has 3 rings (SSSR count). The van der Waals surface area contributed by atoms with Crippen molar-refractivity contribution in [3.63, 3.8) is 0 Å². The Morgan fingerprint density at radius 1 is 0.879 bits per heavy atom. The number of amides is 2. The molecule has 2 amide bonds. The molecule has 0 aliphatic carbocycles. The molecule has 0 atom stereocenters. The van der Waals surface area contributed by atoms with Gasteiger partial charge in [-0.15, -0.1) is 0 Å². The van der Waals surface area contributed by atoms with Crippen molar-refractivity contribution in [1.82, 2.24) is 0 Å². The van der Waals surface area contributed by atoms with Gasteiger partial charge in [0.2, 0.25) is 0 Å². The summed E-state index contributed by atoms with van der Waals surface area (Å²) in [5.74, 6) is -1.57. The highest BCUT2D eigenvalue weighted by Gasteiger charge is 2.34. The first-order valence-electron chi connectivity index (χ1n) is 9.99. The second-order valence-electron chi connectivity index (χ2n) is 7.05. The average Bonchev–Trinajstić information content (AvgIpc) is 2.78. The van der Waals surface area contributed by atoms with Gasteiger partial charge < -0.3 is 15.4 Å². The number of benzene rings is 3. The number of alkyl halides is 3. The van der Waals surface area contributed by atoms with Crippen molar-refractivity contribution in [2.45, 2.75) is 19.5 Å². The molecule has 3 aromatic rings. The lowest BCUT2D eigenvalue weighted by molar-refractivity contribution is -0.136. The van der Waals surface area contributed by atoms with E-state index < -0.39 is 35.1 Å². The Bertz CT molecular complexity index is 1150. The van der Waals surface area contributed by atoms with Crippen LogP contribution in [0.1, 0.15) is 39.6 Å². The van der Waals surface area contributed by atoms with E-state index in [1.165, 1.54) is 30.3 Å². The molecule has 3 aromatic carbocycles. The van der Waals surface area contributed by atoms with Gasteiger partial charge in [-0.25, -0.2) is 4.39 Å². The van der Waals surface area contributed by atoms with E-state index in [-0.39, 0.29) is 16.8 Å². The van der Waals surface area contributed by atoms with Gasteiger partial charge in [0.1, 0.15) is 11.6 Å². The summed E-state index contributed by atoms with van der Waals surface area (Å²) in [5, 5.41) is 4.61. The van der Waals surface area contributed by atoms with E-state index in [4.69, 9.17) is 4.74 Å². The minimum absolute atomic E-state index is 0.0764. The number of nitrogens with one attached hydrogen (secondary N) is 2. The zero-order valence-electron chi connectivity index (χ0n) is 17.5. The zero-order chi connectivity index (χ0) is 24.0. The van der Waals surface area contributed by atoms with Gasteiger partial charge in [-0.3, -0.25) is 9.59 Å². The molecule has 0 saturated heterocycles. The summed E-state index contributed by atoms with van der Waals surface area (Å²) in [5.41, 5.74) is -1.53. The minimum atomic E-state index is -4.80. The molecule has 172 valence electrons. The summed E-state index contributed by atoms with van der Waals surface area (Å²) in [7, 11) is 0. The van der Waals surface area contributed by atoms with E-state index in [2.05, 4.69) is 10.6 Å². The lowest BCUT2D eigenvalue weighted by Crippen LogP contribution is -2.18. The molecule has 5 nitrogen and oxygen atoms in total. The number of carbonyl (C=O) groups excluding carboxylic acids is 2. The topological polar surface area (TPSA) is 67.4 Å². The van der Waals surface area contributed by atoms with Crippen LogP contribution in [0.25, 0.3) is 0 Å². The molecular formula is C24H20F4N2O3. The highest BCUT2D eigenvalue weighted by Crippen LogP contribution is 2.37. The first-order valence-corrected chi connectivity index (χ1v) is 9.99. The van der Waals surface area contributed by atoms with E-state index in [9.17, 15) is 27.2 Å².